The summed E-state index contributed by atoms with van der Waals surface area (Å²) in [6.45, 7) is 0.424. The second-order valence-corrected chi connectivity index (χ2v) is 8.53. The SMILES string of the molecule is CON(C)C(=O)c1nc(-c2cccc(C(=O)NCc3ccccc3)c2)cnc1N.O=C(O)c1cccc(B(O)O)c1. The summed E-state index contributed by atoms with van der Waals surface area (Å²) in [5.74, 6) is -1.82. The Morgan fingerprint density at radius 2 is 1.66 bits per heavy atom. The maximum atomic E-state index is 12.5. The Balaban J connectivity index is 0.000000322. The zero-order valence-electron chi connectivity index (χ0n) is 22.3. The molecule has 0 aliphatic heterocycles. The van der Waals surface area contributed by atoms with Crippen LogP contribution in [0.5, 0.6) is 0 Å². The molecule has 0 radical (unpaired) electrons. The number of nitrogens with one attached hydrogen (secondary N) is 1. The second kappa shape index (κ2) is 14.3. The molecule has 0 atom stereocenters. The Morgan fingerprint density at radius 1 is 0.976 bits per heavy atom. The summed E-state index contributed by atoms with van der Waals surface area (Å²) < 4.78 is 0. The number of nitrogen functional groups attached to an aromatic ring is 1. The van der Waals surface area contributed by atoms with E-state index in [-0.39, 0.29) is 28.4 Å². The Morgan fingerprint density at radius 3 is 2.32 bits per heavy atom. The Kier molecular flexibility index (Phi) is 10.6. The minimum Gasteiger partial charge on any atom is -0.478 e. The fraction of sp³-hybridized carbons (Fsp3) is 0.107. The van der Waals surface area contributed by atoms with Gasteiger partial charge in [-0.25, -0.2) is 19.8 Å². The number of hydroxylamine groups is 2. The van der Waals surface area contributed by atoms with Gasteiger partial charge in [0.05, 0.1) is 24.6 Å². The molecule has 0 aliphatic rings. The quantitative estimate of drug-likeness (QED) is 0.156. The number of nitrogens with two attached hydrogens (primary N) is 1. The lowest BCUT2D eigenvalue weighted by molar-refractivity contribution is -0.0759. The van der Waals surface area contributed by atoms with Crippen molar-refractivity contribution in [2.45, 2.75) is 6.54 Å². The van der Waals surface area contributed by atoms with Crippen molar-refractivity contribution in [1.82, 2.24) is 20.3 Å². The van der Waals surface area contributed by atoms with Crippen LogP contribution in [0, 0.1) is 0 Å². The van der Waals surface area contributed by atoms with E-state index in [0.29, 0.717) is 23.4 Å². The van der Waals surface area contributed by atoms with Crippen LogP contribution in [-0.4, -0.2) is 69.2 Å². The number of hydrogen-bond acceptors (Lipinski definition) is 9. The summed E-state index contributed by atoms with van der Waals surface area (Å²) in [6.07, 6.45) is 1.46. The second-order valence-electron chi connectivity index (χ2n) is 8.53. The molecule has 0 bridgehead atoms. The monoisotopic (exact) mass is 557 g/mol. The highest BCUT2D eigenvalue weighted by Gasteiger charge is 2.19. The molecule has 12 nitrogen and oxygen atoms in total. The number of nitrogens with zero attached hydrogens (tertiary/aromatic N) is 3. The van der Waals surface area contributed by atoms with Crippen molar-refractivity contribution in [3.63, 3.8) is 0 Å². The normalized spacial score (nSPS) is 10.1. The van der Waals surface area contributed by atoms with Gasteiger partial charge in [-0.3, -0.25) is 14.4 Å². The first-order chi connectivity index (χ1) is 19.6. The van der Waals surface area contributed by atoms with Crippen LogP contribution in [0.25, 0.3) is 11.3 Å². The molecule has 2 amide bonds. The summed E-state index contributed by atoms with van der Waals surface area (Å²) in [5.41, 5.74) is 8.53. The zero-order valence-corrected chi connectivity index (χ0v) is 22.3. The summed E-state index contributed by atoms with van der Waals surface area (Å²) in [4.78, 5) is 48.5. The summed E-state index contributed by atoms with van der Waals surface area (Å²) >= 11 is 0. The maximum absolute atomic E-state index is 12.5. The average Bonchev–Trinajstić information content (AvgIpc) is 3.00. The van der Waals surface area contributed by atoms with E-state index in [1.807, 2.05) is 30.3 Å². The molecule has 0 aliphatic carbocycles. The van der Waals surface area contributed by atoms with Gasteiger partial charge in [0.2, 0.25) is 0 Å². The fourth-order valence-electron chi connectivity index (χ4n) is 3.46. The first kappa shape index (κ1) is 30.4. The molecule has 13 heteroatoms. The van der Waals surface area contributed by atoms with Gasteiger partial charge in [0.15, 0.2) is 11.5 Å². The molecule has 6 N–H and O–H groups in total. The number of carboxylic acids is 1. The third-order valence-corrected chi connectivity index (χ3v) is 5.71. The van der Waals surface area contributed by atoms with Gasteiger partial charge in [-0.15, -0.1) is 0 Å². The van der Waals surface area contributed by atoms with E-state index in [2.05, 4.69) is 15.3 Å². The molecular formula is C28H28BN5O7. The number of aromatic carboxylic acids is 1. The van der Waals surface area contributed by atoms with Gasteiger partial charge in [0.1, 0.15) is 0 Å². The summed E-state index contributed by atoms with van der Waals surface area (Å²) in [5, 5.41) is 29.8. The van der Waals surface area contributed by atoms with Crippen LogP contribution in [0.3, 0.4) is 0 Å². The number of hydrogen-bond donors (Lipinski definition) is 5. The molecule has 3 aromatic carbocycles. The Labute approximate surface area is 236 Å². The molecule has 0 spiro atoms. The highest BCUT2D eigenvalue weighted by atomic mass is 16.7. The standard InChI is InChI=1S/C21H21N5O3.C7H7BO4/c1-26(29-2)21(28)18-19(22)23-13-17(25-18)15-9-6-10-16(11-15)20(27)24-12-14-7-4-3-5-8-14;9-7(10)5-2-1-3-6(4-5)8(11)12/h3-11,13H,12H2,1-2H3,(H2,22,23)(H,24,27);1-4,11-12H,(H,9,10). The molecule has 210 valence electrons. The molecule has 0 fully saturated rings. The van der Waals surface area contributed by atoms with Gasteiger partial charge in [-0.2, -0.15) is 0 Å². The minimum atomic E-state index is -1.62. The number of benzene rings is 3. The predicted molar refractivity (Wildman–Crippen MR) is 152 cm³/mol. The Bertz CT molecular complexity index is 1520. The molecular weight excluding hydrogens is 529 g/mol. The van der Waals surface area contributed by atoms with Crippen molar-refractivity contribution in [3.8, 4) is 11.3 Å². The number of rotatable bonds is 8. The van der Waals surface area contributed by atoms with Crippen molar-refractivity contribution < 1.29 is 34.4 Å². The number of anilines is 1. The van der Waals surface area contributed by atoms with Crippen molar-refractivity contribution in [2.75, 3.05) is 19.9 Å². The lowest BCUT2D eigenvalue weighted by Gasteiger charge is -2.14. The van der Waals surface area contributed by atoms with E-state index >= 15 is 0 Å². The van der Waals surface area contributed by atoms with E-state index in [9.17, 15) is 14.4 Å². The van der Waals surface area contributed by atoms with Gasteiger partial charge >= 0.3 is 13.1 Å². The third-order valence-electron chi connectivity index (χ3n) is 5.71. The smallest absolute Gasteiger partial charge is 0.478 e. The molecule has 0 saturated carbocycles. The minimum absolute atomic E-state index is 0.000547. The van der Waals surface area contributed by atoms with E-state index in [1.165, 1.54) is 44.6 Å². The van der Waals surface area contributed by atoms with E-state index in [4.69, 9.17) is 25.7 Å². The largest absolute Gasteiger partial charge is 0.488 e. The van der Waals surface area contributed by atoms with Gasteiger partial charge in [0.25, 0.3) is 11.8 Å². The van der Waals surface area contributed by atoms with Gasteiger partial charge < -0.3 is 26.2 Å². The molecule has 1 aromatic heterocycles. The molecule has 1 heterocycles. The van der Waals surface area contributed by atoms with Gasteiger partial charge in [-0.05, 0) is 35.3 Å². The summed E-state index contributed by atoms with van der Waals surface area (Å²) in [6, 6.07) is 22.1. The highest BCUT2D eigenvalue weighted by molar-refractivity contribution is 6.58. The summed E-state index contributed by atoms with van der Waals surface area (Å²) in [7, 11) is 1.20. The first-order valence-corrected chi connectivity index (χ1v) is 12.2. The molecule has 4 rings (SSSR count). The number of carboxylic acid groups (broad SMARTS) is 1. The van der Waals surface area contributed by atoms with Crippen molar-refractivity contribution in [1.29, 1.82) is 0 Å². The Hall–Kier alpha value is -5.11. The number of aromatic nitrogens is 2. The highest BCUT2D eigenvalue weighted by Crippen LogP contribution is 2.20. The number of carbonyl (C=O) groups excluding carboxylic acids is 2. The van der Waals surface area contributed by atoms with Crippen LogP contribution in [-0.2, 0) is 11.4 Å². The van der Waals surface area contributed by atoms with Crippen LogP contribution in [0.2, 0.25) is 0 Å². The van der Waals surface area contributed by atoms with Crippen LogP contribution in [0.1, 0.15) is 36.8 Å². The third kappa shape index (κ3) is 8.44. The topological polar surface area (TPSA) is 188 Å². The van der Waals surface area contributed by atoms with Crippen molar-refractivity contribution in [3.05, 3.63) is 107 Å². The zero-order chi connectivity index (χ0) is 29.9. The molecule has 4 aromatic rings. The first-order valence-electron chi connectivity index (χ1n) is 12.2. The number of amides is 2. The maximum Gasteiger partial charge on any atom is 0.488 e. The molecule has 41 heavy (non-hydrogen) atoms. The van der Waals surface area contributed by atoms with E-state index in [1.54, 1.807) is 24.3 Å². The van der Waals surface area contributed by atoms with E-state index < -0.39 is 19.0 Å². The molecule has 0 unspecified atom stereocenters. The van der Waals surface area contributed by atoms with Crippen LogP contribution < -0.4 is 16.5 Å². The van der Waals surface area contributed by atoms with Crippen molar-refractivity contribution in [2.24, 2.45) is 0 Å². The van der Waals surface area contributed by atoms with Gasteiger partial charge in [-0.1, -0.05) is 54.6 Å². The van der Waals surface area contributed by atoms with Crippen LogP contribution in [0.4, 0.5) is 5.82 Å². The van der Waals surface area contributed by atoms with Crippen molar-refractivity contribution >= 4 is 36.2 Å². The number of carbonyl (C=O) groups is 3. The fourth-order valence-corrected chi connectivity index (χ4v) is 3.46. The van der Waals surface area contributed by atoms with Crippen LogP contribution >= 0.6 is 0 Å². The lowest BCUT2D eigenvalue weighted by Crippen LogP contribution is -2.30. The average molecular weight is 557 g/mol. The lowest BCUT2D eigenvalue weighted by atomic mass is 9.80. The predicted octanol–water partition coefficient (Wildman–Crippen LogP) is 1.35. The van der Waals surface area contributed by atoms with Gasteiger partial charge in [0, 0.05) is 24.7 Å². The van der Waals surface area contributed by atoms with E-state index in [0.717, 1.165) is 10.6 Å². The van der Waals surface area contributed by atoms with Crippen LogP contribution in [0.15, 0.2) is 85.1 Å². The molecule has 0 saturated heterocycles.